The number of anilines is 1. The Kier molecular flexibility index (Phi) is 3.11. The molecule has 0 saturated carbocycles. The van der Waals surface area contributed by atoms with Gasteiger partial charge in [-0.05, 0) is 44.0 Å². The second-order valence-electron chi connectivity index (χ2n) is 2.02. The third-order valence-electron chi connectivity index (χ3n) is 1.23. The van der Waals surface area contributed by atoms with Gasteiger partial charge in [-0.3, -0.25) is 4.79 Å². The zero-order valence-corrected chi connectivity index (χ0v) is 9.05. The Bertz CT molecular complexity index is 315. The lowest BCUT2D eigenvalue weighted by atomic mass is 10.3. The number of benzene rings is 1. The minimum atomic E-state index is 0.339. The molecule has 1 aromatic rings. The molecule has 3 nitrogen and oxygen atoms in total. The lowest BCUT2D eigenvalue weighted by molar-refractivity contribution is -0.120. The molecule has 0 bridgehead atoms. The molecule has 0 aliphatic rings. The van der Waals surface area contributed by atoms with Crippen molar-refractivity contribution in [1.29, 1.82) is 0 Å². The van der Waals surface area contributed by atoms with E-state index in [0.717, 1.165) is 8.95 Å². The molecule has 1 aromatic carbocycles. The first-order valence-corrected chi connectivity index (χ1v) is 4.58. The monoisotopic (exact) mass is 293 g/mol. The Morgan fingerprint density at radius 2 is 1.92 bits per heavy atom. The molecule has 12 heavy (non-hydrogen) atoms. The summed E-state index contributed by atoms with van der Waals surface area (Å²) in [5.41, 5.74) is 5.96. The molecule has 0 aromatic heterocycles. The van der Waals surface area contributed by atoms with Gasteiger partial charge in [-0.2, -0.15) is 0 Å². The number of carbonyl (C=O) groups is 1. The lowest BCUT2D eigenvalue weighted by Gasteiger charge is -2.04. The van der Waals surface area contributed by atoms with Gasteiger partial charge < -0.3 is 10.5 Å². The van der Waals surface area contributed by atoms with Gasteiger partial charge in [0.1, 0.15) is 0 Å². The van der Waals surface area contributed by atoms with E-state index in [1.807, 2.05) is 0 Å². The second kappa shape index (κ2) is 3.91. The van der Waals surface area contributed by atoms with Crippen LogP contribution in [0.2, 0.25) is 0 Å². The summed E-state index contributed by atoms with van der Waals surface area (Å²) >= 11 is 6.51. The first kappa shape index (κ1) is 9.54. The van der Waals surface area contributed by atoms with E-state index in [9.17, 15) is 4.79 Å². The van der Waals surface area contributed by atoms with Crippen LogP contribution >= 0.6 is 31.9 Å². The van der Waals surface area contributed by atoms with Crippen molar-refractivity contribution in [2.24, 2.45) is 0 Å². The zero-order chi connectivity index (χ0) is 9.14. The fourth-order valence-electron chi connectivity index (χ4n) is 0.698. The van der Waals surface area contributed by atoms with Gasteiger partial charge in [0.25, 0.3) is 6.47 Å². The molecular formula is C7H5Br2NO2. The smallest absolute Gasteiger partial charge is 0.298 e. The van der Waals surface area contributed by atoms with Crippen molar-refractivity contribution in [3.05, 3.63) is 21.1 Å². The van der Waals surface area contributed by atoms with Crippen molar-refractivity contribution in [2.75, 3.05) is 5.73 Å². The number of nitrogens with two attached hydrogens (primary N) is 1. The number of nitrogen functional groups attached to an aromatic ring is 1. The van der Waals surface area contributed by atoms with Gasteiger partial charge >= 0.3 is 0 Å². The van der Waals surface area contributed by atoms with E-state index >= 15 is 0 Å². The van der Waals surface area contributed by atoms with E-state index in [2.05, 4.69) is 36.6 Å². The van der Waals surface area contributed by atoms with Gasteiger partial charge in [0.2, 0.25) is 0 Å². The van der Waals surface area contributed by atoms with Crippen molar-refractivity contribution in [1.82, 2.24) is 0 Å². The van der Waals surface area contributed by atoms with Crippen LogP contribution in [0.25, 0.3) is 0 Å². The van der Waals surface area contributed by atoms with Crippen LogP contribution in [0.4, 0.5) is 5.69 Å². The maximum absolute atomic E-state index is 10.0. The Hall–Kier alpha value is -0.550. The molecule has 0 saturated heterocycles. The first-order valence-electron chi connectivity index (χ1n) is 3.00. The summed E-state index contributed by atoms with van der Waals surface area (Å²) in [4.78, 5) is 10.0. The summed E-state index contributed by atoms with van der Waals surface area (Å²) in [6.07, 6.45) is 0. The molecule has 0 atom stereocenters. The van der Waals surface area contributed by atoms with E-state index < -0.39 is 0 Å². The third kappa shape index (κ3) is 1.98. The summed E-state index contributed by atoms with van der Waals surface area (Å²) in [5, 5.41) is 0. The molecule has 0 radical (unpaired) electrons. The van der Waals surface area contributed by atoms with Crippen LogP contribution in [0.15, 0.2) is 21.1 Å². The van der Waals surface area contributed by atoms with Crippen LogP contribution in [0, 0.1) is 0 Å². The maximum atomic E-state index is 10.0. The Morgan fingerprint density at radius 3 is 2.50 bits per heavy atom. The number of halogens is 2. The van der Waals surface area contributed by atoms with E-state index in [-0.39, 0.29) is 0 Å². The van der Waals surface area contributed by atoms with Crippen molar-refractivity contribution in [3.63, 3.8) is 0 Å². The summed E-state index contributed by atoms with van der Waals surface area (Å²) in [6.45, 7) is 0.339. The fraction of sp³-hybridized carbons (Fsp3) is 0. The lowest BCUT2D eigenvalue weighted by Crippen LogP contribution is -1.95. The van der Waals surface area contributed by atoms with Crippen LogP contribution in [0.3, 0.4) is 0 Å². The highest BCUT2D eigenvalue weighted by Crippen LogP contribution is 2.32. The zero-order valence-electron chi connectivity index (χ0n) is 5.88. The summed E-state index contributed by atoms with van der Waals surface area (Å²) in [7, 11) is 0. The highest BCUT2D eigenvalue weighted by atomic mass is 79.9. The summed E-state index contributed by atoms with van der Waals surface area (Å²) < 4.78 is 6.22. The van der Waals surface area contributed by atoms with Crippen molar-refractivity contribution < 1.29 is 9.53 Å². The topological polar surface area (TPSA) is 52.3 Å². The fourth-order valence-corrected chi connectivity index (χ4v) is 1.38. The molecule has 0 unspecified atom stereocenters. The highest BCUT2D eigenvalue weighted by molar-refractivity contribution is 9.13. The van der Waals surface area contributed by atoms with E-state index in [0.29, 0.717) is 17.9 Å². The van der Waals surface area contributed by atoms with E-state index in [4.69, 9.17) is 5.73 Å². The molecular weight excluding hydrogens is 290 g/mol. The van der Waals surface area contributed by atoms with E-state index in [1.165, 1.54) is 0 Å². The van der Waals surface area contributed by atoms with Crippen LogP contribution in [-0.4, -0.2) is 6.47 Å². The quantitative estimate of drug-likeness (QED) is 0.673. The van der Waals surface area contributed by atoms with Crippen LogP contribution in [0.1, 0.15) is 0 Å². The third-order valence-corrected chi connectivity index (χ3v) is 3.07. The van der Waals surface area contributed by atoms with Gasteiger partial charge in [-0.25, -0.2) is 0 Å². The standard InChI is InChI=1S/C7H5Br2NO2/c8-4-1-6(10)7(12-3-11)2-5(4)9/h1-3H,10H2. The Balaban J connectivity index is 3.13. The number of hydrogen-bond acceptors (Lipinski definition) is 3. The molecule has 64 valence electrons. The number of carbonyl (C=O) groups excluding carboxylic acids is 1. The van der Waals surface area contributed by atoms with Gasteiger partial charge in [-0.1, -0.05) is 0 Å². The van der Waals surface area contributed by atoms with Crippen molar-refractivity contribution in [3.8, 4) is 5.75 Å². The number of ether oxygens (including phenoxy) is 1. The molecule has 2 N–H and O–H groups in total. The maximum Gasteiger partial charge on any atom is 0.298 e. The molecule has 1 rings (SSSR count). The second-order valence-corrected chi connectivity index (χ2v) is 3.73. The highest BCUT2D eigenvalue weighted by Gasteiger charge is 2.04. The van der Waals surface area contributed by atoms with Gasteiger partial charge in [0.15, 0.2) is 5.75 Å². The van der Waals surface area contributed by atoms with Crippen LogP contribution in [-0.2, 0) is 4.79 Å². The molecule has 5 heteroatoms. The number of rotatable bonds is 2. The summed E-state index contributed by atoms with van der Waals surface area (Å²) in [6, 6.07) is 3.27. The number of hydrogen-bond donors (Lipinski definition) is 1. The molecule has 0 amide bonds. The predicted molar refractivity (Wildman–Crippen MR) is 52.9 cm³/mol. The van der Waals surface area contributed by atoms with E-state index in [1.54, 1.807) is 12.1 Å². The van der Waals surface area contributed by atoms with Crippen LogP contribution < -0.4 is 10.5 Å². The molecule has 0 fully saturated rings. The Morgan fingerprint density at radius 1 is 1.33 bits per heavy atom. The van der Waals surface area contributed by atoms with Crippen molar-refractivity contribution >= 4 is 44.0 Å². The molecule has 0 heterocycles. The predicted octanol–water partition coefficient (Wildman–Crippen LogP) is 2.33. The normalized spacial score (nSPS) is 9.50. The van der Waals surface area contributed by atoms with Gasteiger partial charge in [0.05, 0.1) is 5.69 Å². The molecule has 0 spiro atoms. The van der Waals surface area contributed by atoms with Crippen molar-refractivity contribution in [2.45, 2.75) is 0 Å². The largest absolute Gasteiger partial charge is 0.427 e. The Labute approximate surface area is 86.1 Å². The average molecular weight is 295 g/mol. The molecule has 0 aliphatic carbocycles. The minimum Gasteiger partial charge on any atom is -0.427 e. The molecule has 0 aliphatic heterocycles. The first-order chi connectivity index (χ1) is 5.65. The minimum absolute atomic E-state index is 0.339. The summed E-state index contributed by atoms with van der Waals surface area (Å²) in [5.74, 6) is 0.347. The van der Waals surface area contributed by atoms with Gasteiger partial charge in [-0.15, -0.1) is 0 Å². The van der Waals surface area contributed by atoms with Crippen LogP contribution in [0.5, 0.6) is 5.75 Å². The van der Waals surface area contributed by atoms with Gasteiger partial charge in [0, 0.05) is 8.95 Å². The average Bonchev–Trinajstić information content (AvgIpc) is 2.01. The SMILES string of the molecule is Nc1cc(Br)c(Br)cc1OC=O.